The van der Waals surface area contributed by atoms with Gasteiger partial charge in [0, 0.05) is 6.54 Å². The average Bonchev–Trinajstić information content (AvgIpc) is 2.36. The summed E-state index contributed by atoms with van der Waals surface area (Å²) >= 11 is 0. The van der Waals surface area contributed by atoms with E-state index >= 15 is 0 Å². The van der Waals surface area contributed by atoms with Crippen LogP contribution in [0.25, 0.3) is 0 Å². The molecule has 0 atom stereocenters. The van der Waals surface area contributed by atoms with Gasteiger partial charge in [-0.1, -0.05) is 0 Å². The van der Waals surface area contributed by atoms with Gasteiger partial charge in [0.05, 0.1) is 0 Å². The van der Waals surface area contributed by atoms with Crippen LogP contribution < -0.4 is 5.32 Å². The van der Waals surface area contributed by atoms with E-state index in [0.29, 0.717) is 12.3 Å². The van der Waals surface area contributed by atoms with Gasteiger partial charge in [0.15, 0.2) is 5.76 Å². The topological polar surface area (TPSA) is 42.2 Å². The third-order valence-corrected chi connectivity index (χ3v) is 1.30. The van der Waals surface area contributed by atoms with Crippen molar-refractivity contribution in [3.63, 3.8) is 0 Å². The lowest BCUT2D eigenvalue weighted by Crippen LogP contribution is -2.21. The van der Waals surface area contributed by atoms with E-state index in [9.17, 15) is 4.79 Å². The Bertz CT molecular complexity index is 252. The number of nitrogens with one attached hydrogen (secondary N) is 1. The van der Waals surface area contributed by atoms with Gasteiger partial charge in [-0.25, -0.2) is 0 Å². The van der Waals surface area contributed by atoms with Crippen LogP contribution in [0.1, 0.15) is 23.2 Å². The van der Waals surface area contributed by atoms with E-state index in [2.05, 4.69) is 5.32 Å². The molecule has 0 fully saturated rings. The maximum Gasteiger partial charge on any atom is 0.286 e. The molecule has 0 aromatic carbocycles. The van der Waals surface area contributed by atoms with Gasteiger partial charge in [0.1, 0.15) is 5.76 Å². The summed E-state index contributed by atoms with van der Waals surface area (Å²) in [7, 11) is 0. The van der Waals surface area contributed by atoms with Gasteiger partial charge < -0.3 is 9.73 Å². The van der Waals surface area contributed by atoms with Crippen LogP contribution in [0.4, 0.5) is 0 Å². The second kappa shape index (κ2) is 3.23. The van der Waals surface area contributed by atoms with Crippen molar-refractivity contribution in [2.24, 2.45) is 0 Å². The van der Waals surface area contributed by atoms with Crippen LogP contribution in [0.15, 0.2) is 16.5 Å². The summed E-state index contributed by atoms with van der Waals surface area (Å²) in [6, 6.07) is 3.44. The molecule has 1 amide bonds. The molecule has 0 aliphatic heterocycles. The molecule has 1 N–H and O–H groups in total. The Morgan fingerprint density at radius 3 is 2.82 bits per heavy atom. The van der Waals surface area contributed by atoms with Crippen LogP contribution in [0, 0.1) is 6.92 Å². The van der Waals surface area contributed by atoms with Crippen LogP contribution in [0.3, 0.4) is 0 Å². The highest BCUT2D eigenvalue weighted by atomic mass is 16.3. The zero-order valence-corrected chi connectivity index (χ0v) is 6.68. The highest BCUT2D eigenvalue weighted by molar-refractivity contribution is 5.91. The summed E-state index contributed by atoms with van der Waals surface area (Å²) in [6.07, 6.45) is 0. The molecule has 1 aromatic rings. The van der Waals surface area contributed by atoms with Gasteiger partial charge in [0.25, 0.3) is 5.91 Å². The Kier molecular flexibility index (Phi) is 2.31. The Morgan fingerprint density at radius 2 is 2.36 bits per heavy atom. The second-order valence-electron chi connectivity index (χ2n) is 2.27. The smallest absolute Gasteiger partial charge is 0.286 e. The van der Waals surface area contributed by atoms with Crippen LogP contribution in [-0.2, 0) is 0 Å². The molecule has 0 saturated carbocycles. The van der Waals surface area contributed by atoms with Crippen molar-refractivity contribution >= 4 is 5.91 Å². The predicted molar refractivity (Wildman–Crippen MR) is 41.5 cm³/mol. The first-order valence-electron chi connectivity index (χ1n) is 3.58. The van der Waals surface area contributed by atoms with Crippen LogP contribution in [0.2, 0.25) is 0 Å². The van der Waals surface area contributed by atoms with Crippen LogP contribution in [0.5, 0.6) is 0 Å². The summed E-state index contributed by atoms with van der Waals surface area (Å²) < 4.78 is 5.09. The zero-order chi connectivity index (χ0) is 8.27. The quantitative estimate of drug-likeness (QED) is 0.696. The van der Waals surface area contributed by atoms with E-state index in [0.717, 1.165) is 5.76 Å². The lowest BCUT2D eigenvalue weighted by molar-refractivity contribution is 0.0927. The van der Waals surface area contributed by atoms with E-state index in [4.69, 9.17) is 4.42 Å². The molecule has 11 heavy (non-hydrogen) atoms. The van der Waals surface area contributed by atoms with Crippen LogP contribution in [-0.4, -0.2) is 12.5 Å². The molecule has 0 spiro atoms. The first-order valence-corrected chi connectivity index (χ1v) is 3.58. The molecule has 0 aliphatic rings. The summed E-state index contributed by atoms with van der Waals surface area (Å²) in [5, 5.41) is 2.64. The Balaban J connectivity index is 2.69. The molecule has 3 nitrogen and oxygen atoms in total. The van der Waals surface area contributed by atoms with Crippen molar-refractivity contribution in [3.8, 4) is 0 Å². The first kappa shape index (κ1) is 7.85. The molecular weight excluding hydrogens is 142 g/mol. The first-order chi connectivity index (χ1) is 5.24. The number of amides is 1. The van der Waals surface area contributed by atoms with Crippen molar-refractivity contribution in [1.82, 2.24) is 5.32 Å². The third-order valence-electron chi connectivity index (χ3n) is 1.30. The van der Waals surface area contributed by atoms with Crippen molar-refractivity contribution < 1.29 is 9.21 Å². The molecule has 1 heterocycles. The van der Waals surface area contributed by atoms with Gasteiger partial charge in [-0.2, -0.15) is 0 Å². The lowest BCUT2D eigenvalue weighted by Gasteiger charge is -1.95. The van der Waals surface area contributed by atoms with Gasteiger partial charge in [-0.05, 0) is 26.0 Å². The number of carbonyl (C=O) groups excluding carboxylic acids is 1. The molecule has 3 heteroatoms. The summed E-state index contributed by atoms with van der Waals surface area (Å²) in [6.45, 7) is 4.30. The van der Waals surface area contributed by atoms with Crippen molar-refractivity contribution in [1.29, 1.82) is 0 Å². The van der Waals surface area contributed by atoms with E-state index in [1.54, 1.807) is 12.1 Å². The van der Waals surface area contributed by atoms with Crippen LogP contribution >= 0.6 is 0 Å². The molecule has 0 aliphatic carbocycles. The minimum absolute atomic E-state index is 0.152. The fraction of sp³-hybridized carbons (Fsp3) is 0.375. The van der Waals surface area contributed by atoms with Gasteiger partial charge in [0.2, 0.25) is 0 Å². The summed E-state index contributed by atoms with van der Waals surface area (Å²) in [5.74, 6) is 0.983. The standard InChI is InChI=1S/C8H11NO2/c1-3-9-8(10)7-5-4-6(2)11-7/h4-5H,3H2,1-2H3,(H,9,10). The molecule has 0 radical (unpaired) electrons. The highest BCUT2D eigenvalue weighted by Gasteiger charge is 2.06. The Hall–Kier alpha value is -1.25. The monoisotopic (exact) mass is 153 g/mol. The fourth-order valence-electron chi connectivity index (χ4n) is 0.804. The molecule has 0 unspecified atom stereocenters. The minimum Gasteiger partial charge on any atom is -0.456 e. The fourth-order valence-corrected chi connectivity index (χ4v) is 0.804. The van der Waals surface area contributed by atoms with Crippen molar-refractivity contribution in [2.45, 2.75) is 13.8 Å². The van der Waals surface area contributed by atoms with Gasteiger partial charge in [-0.3, -0.25) is 4.79 Å². The third kappa shape index (κ3) is 1.83. The van der Waals surface area contributed by atoms with Crippen molar-refractivity contribution in [2.75, 3.05) is 6.54 Å². The average molecular weight is 153 g/mol. The Morgan fingerprint density at radius 1 is 1.64 bits per heavy atom. The molecule has 60 valence electrons. The molecular formula is C8H11NO2. The summed E-state index contributed by atoms with van der Waals surface area (Å²) in [4.78, 5) is 11.1. The number of hydrogen-bond donors (Lipinski definition) is 1. The van der Waals surface area contributed by atoms with E-state index in [1.807, 2.05) is 13.8 Å². The van der Waals surface area contributed by atoms with Crippen molar-refractivity contribution in [3.05, 3.63) is 23.7 Å². The second-order valence-corrected chi connectivity index (χ2v) is 2.27. The normalized spacial score (nSPS) is 9.64. The molecule has 0 saturated heterocycles. The largest absolute Gasteiger partial charge is 0.456 e. The predicted octanol–water partition coefficient (Wildman–Crippen LogP) is 1.34. The zero-order valence-electron chi connectivity index (χ0n) is 6.68. The summed E-state index contributed by atoms with van der Waals surface area (Å²) in [5.41, 5.74) is 0. The SMILES string of the molecule is CCNC(=O)c1ccc(C)o1. The number of furan rings is 1. The number of aryl methyl sites for hydroxylation is 1. The maximum atomic E-state index is 11.1. The molecule has 1 aromatic heterocycles. The molecule has 0 bridgehead atoms. The Labute approximate surface area is 65.4 Å². The number of carbonyl (C=O) groups is 1. The molecule has 1 rings (SSSR count). The van der Waals surface area contributed by atoms with Gasteiger partial charge >= 0.3 is 0 Å². The lowest BCUT2D eigenvalue weighted by atomic mass is 10.4. The number of rotatable bonds is 2. The maximum absolute atomic E-state index is 11.1. The van der Waals surface area contributed by atoms with E-state index in [1.165, 1.54) is 0 Å². The van der Waals surface area contributed by atoms with E-state index < -0.39 is 0 Å². The van der Waals surface area contributed by atoms with E-state index in [-0.39, 0.29) is 5.91 Å². The van der Waals surface area contributed by atoms with Gasteiger partial charge in [-0.15, -0.1) is 0 Å². The minimum atomic E-state index is -0.152. The number of hydrogen-bond acceptors (Lipinski definition) is 2. The highest BCUT2D eigenvalue weighted by Crippen LogP contribution is 2.05.